The van der Waals surface area contributed by atoms with Gasteiger partial charge in [-0.3, -0.25) is 4.79 Å². The summed E-state index contributed by atoms with van der Waals surface area (Å²) in [5.74, 6) is -0.196. The minimum Gasteiger partial charge on any atom is -0.325 e. The van der Waals surface area contributed by atoms with Crippen LogP contribution in [0.5, 0.6) is 0 Å². The number of nitrogens with one attached hydrogen (secondary N) is 1. The van der Waals surface area contributed by atoms with Crippen LogP contribution in [0.3, 0.4) is 0 Å². The van der Waals surface area contributed by atoms with Crippen LogP contribution in [-0.4, -0.2) is 17.4 Å². The molecule has 106 valence electrons. The lowest BCUT2D eigenvalue weighted by molar-refractivity contribution is -0.114. The van der Waals surface area contributed by atoms with Gasteiger partial charge in [-0.25, -0.2) is 4.98 Å². The molecule has 5 heteroatoms. The number of thiazole rings is 1. The van der Waals surface area contributed by atoms with Crippen LogP contribution in [-0.2, 0) is 4.79 Å². The zero-order valence-electron chi connectivity index (χ0n) is 11.6. The Labute approximate surface area is 126 Å². The van der Waals surface area contributed by atoms with Crippen molar-refractivity contribution in [2.24, 2.45) is 5.73 Å². The highest BCUT2D eigenvalue weighted by Gasteiger charge is 2.07. The molecule has 0 unspecified atom stereocenters. The molecule has 3 rings (SSSR count). The van der Waals surface area contributed by atoms with E-state index in [9.17, 15) is 4.79 Å². The van der Waals surface area contributed by atoms with E-state index in [0.29, 0.717) is 0 Å². The Kier molecular flexibility index (Phi) is 3.68. The highest BCUT2D eigenvalue weighted by Crippen LogP contribution is 2.31. The average Bonchev–Trinajstić information content (AvgIpc) is 2.90. The lowest BCUT2D eigenvalue weighted by Crippen LogP contribution is -2.21. The number of carbonyl (C=O) groups excluding carboxylic acids is 1. The lowest BCUT2D eigenvalue weighted by Gasteiger charge is -2.03. The highest BCUT2D eigenvalue weighted by molar-refractivity contribution is 7.21. The minimum atomic E-state index is -0.196. The van der Waals surface area contributed by atoms with Gasteiger partial charge in [0.2, 0.25) is 5.91 Å². The summed E-state index contributed by atoms with van der Waals surface area (Å²) < 4.78 is 1.19. The molecule has 0 saturated heterocycles. The molecule has 0 aliphatic heterocycles. The maximum atomic E-state index is 11.2. The Morgan fingerprint density at radius 2 is 2.00 bits per heavy atom. The predicted molar refractivity (Wildman–Crippen MR) is 87.5 cm³/mol. The van der Waals surface area contributed by atoms with Crippen LogP contribution >= 0.6 is 11.3 Å². The minimum absolute atomic E-state index is 0.0149. The molecular weight excluding hydrogens is 282 g/mol. The van der Waals surface area contributed by atoms with E-state index in [1.807, 2.05) is 30.3 Å². The number of aryl methyl sites for hydroxylation is 1. The fraction of sp³-hybridized carbons (Fsp3) is 0.125. The van der Waals surface area contributed by atoms with E-state index in [-0.39, 0.29) is 12.5 Å². The van der Waals surface area contributed by atoms with Gasteiger partial charge in [0.05, 0.1) is 16.8 Å². The van der Waals surface area contributed by atoms with E-state index >= 15 is 0 Å². The number of aromatic nitrogens is 1. The second-order valence-corrected chi connectivity index (χ2v) is 5.85. The van der Waals surface area contributed by atoms with Crippen LogP contribution in [0.15, 0.2) is 42.5 Å². The van der Waals surface area contributed by atoms with Crippen molar-refractivity contribution in [3.63, 3.8) is 0 Å². The first-order valence-electron chi connectivity index (χ1n) is 6.63. The topological polar surface area (TPSA) is 68.0 Å². The van der Waals surface area contributed by atoms with Crippen molar-refractivity contribution < 1.29 is 4.79 Å². The van der Waals surface area contributed by atoms with Gasteiger partial charge < -0.3 is 11.1 Å². The number of hydrogen-bond acceptors (Lipinski definition) is 4. The van der Waals surface area contributed by atoms with Gasteiger partial charge in [0.15, 0.2) is 0 Å². The summed E-state index contributed by atoms with van der Waals surface area (Å²) in [7, 11) is 0. The van der Waals surface area contributed by atoms with Crippen molar-refractivity contribution in [3.8, 4) is 10.6 Å². The van der Waals surface area contributed by atoms with Crippen LogP contribution in [0.25, 0.3) is 20.8 Å². The van der Waals surface area contributed by atoms with Gasteiger partial charge in [0, 0.05) is 11.3 Å². The number of anilines is 1. The number of fused-ring (bicyclic) bond motifs is 1. The monoisotopic (exact) mass is 297 g/mol. The molecule has 0 saturated carbocycles. The molecule has 4 nitrogen and oxygen atoms in total. The van der Waals surface area contributed by atoms with Crippen LogP contribution in [0.1, 0.15) is 5.56 Å². The first kappa shape index (κ1) is 13.7. The number of amides is 1. The number of nitrogens with zero attached hydrogens (tertiary/aromatic N) is 1. The summed E-state index contributed by atoms with van der Waals surface area (Å²) in [6.45, 7) is 2.06. The van der Waals surface area contributed by atoms with Crippen molar-refractivity contribution in [2.45, 2.75) is 6.92 Å². The Bertz CT molecular complexity index is 793. The number of hydrogen-bond donors (Lipinski definition) is 2. The second kappa shape index (κ2) is 5.63. The molecule has 2 aromatic carbocycles. The molecule has 0 spiro atoms. The third kappa shape index (κ3) is 2.94. The van der Waals surface area contributed by atoms with E-state index in [1.54, 1.807) is 11.3 Å². The van der Waals surface area contributed by atoms with E-state index in [2.05, 4.69) is 29.4 Å². The van der Waals surface area contributed by atoms with Crippen molar-refractivity contribution in [2.75, 3.05) is 11.9 Å². The molecule has 1 amide bonds. The van der Waals surface area contributed by atoms with E-state index in [4.69, 9.17) is 5.73 Å². The van der Waals surface area contributed by atoms with Crippen LogP contribution < -0.4 is 11.1 Å². The van der Waals surface area contributed by atoms with Gasteiger partial charge in [0.1, 0.15) is 5.01 Å². The quantitative estimate of drug-likeness (QED) is 0.780. The van der Waals surface area contributed by atoms with Crippen molar-refractivity contribution in [1.82, 2.24) is 4.98 Å². The van der Waals surface area contributed by atoms with Crippen molar-refractivity contribution in [1.29, 1.82) is 0 Å². The summed E-state index contributed by atoms with van der Waals surface area (Å²) in [6, 6.07) is 13.9. The maximum absolute atomic E-state index is 11.2. The third-order valence-corrected chi connectivity index (χ3v) is 4.21. The molecule has 3 aromatic rings. The van der Waals surface area contributed by atoms with Gasteiger partial charge >= 0.3 is 0 Å². The summed E-state index contributed by atoms with van der Waals surface area (Å²) in [6.07, 6.45) is 0. The van der Waals surface area contributed by atoms with E-state index in [1.165, 1.54) is 10.3 Å². The third-order valence-electron chi connectivity index (χ3n) is 3.14. The Morgan fingerprint density at radius 3 is 2.71 bits per heavy atom. The average molecular weight is 297 g/mol. The van der Waals surface area contributed by atoms with Crippen molar-refractivity contribution >= 4 is 33.1 Å². The molecule has 0 bridgehead atoms. The molecule has 1 heterocycles. The summed E-state index contributed by atoms with van der Waals surface area (Å²) in [4.78, 5) is 15.9. The summed E-state index contributed by atoms with van der Waals surface area (Å²) in [5.41, 5.74) is 9.31. The Balaban J connectivity index is 1.90. The lowest BCUT2D eigenvalue weighted by atomic mass is 10.2. The fourth-order valence-corrected chi connectivity index (χ4v) is 3.13. The molecule has 0 aliphatic rings. The second-order valence-electron chi connectivity index (χ2n) is 4.82. The van der Waals surface area contributed by atoms with Gasteiger partial charge in [0.25, 0.3) is 0 Å². The maximum Gasteiger partial charge on any atom is 0.238 e. The number of rotatable bonds is 3. The van der Waals surface area contributed by atoms with Crippen LogP contribution in [0.2, 0.25) is 0 Å². The molecular formula is C16H15N3OS. The molecule has 0 aliphatic carbocycles. The van der Waals surface area contributed by atoms with Crippen LogP contribution in [0, 0.1) is 6.92 Å². The summed E-state index contributed by atoms with van der Waals surface area (Å²) >= 11 is 1.67. The van der Waals surface area contributed by atoms with Crippen LogP contribution in [0.4, 0.5) is 5.69 Å². The van der Waals surface area contributed by atoms with E-state index < -0.39 is 0 Å². The smallest absolute Gasteiger partial charge is 0.238 e. The summed E-state index contributed by atoms with van der Waals surface area (Å²) in [5, 5.41) is 3.70. The standard InChI is InChI=1S/C16H15N3OS/c1-10-2-7-13-14(8-10)21-16(19-13)11-3-5-12(6-4-11)18-15(20)9-17/h2-8H,9,17H2,1H3,(H,18,20). The number of carbonyl (C=O) groups is 1. The number of nitrogens with two attached hydrogens (primary N) is 1. The Morgan fingerprint density at radius 1 is 1.24 bits per heavy atom. The SMILES string of the molecule is Cc1ccc2nc(-c3ccc(NC(=O)CN)cc3)sc2c1. The molecule has 3 N–H and O–H groups in total. The first-order chi connectivity index (χ1) is 10.2. The Hall–Kier alpha value is -2.24. The molecule has 0 radical (unpaired) electrons. The molecule has 0 atom stereocenters. The van der Waals surface area contributed by atoms with Gasteiger partial charge in [-0.2, -0.15) is 0 Å². The molecule has 21 heavy (non-hydrogen) atoms. The van der Waals surface area contributed by atoms with Gasteiger partial charge in [-0.05, 0) is 48.9 Å². The van der Waals surface area contributed by atoms with E-state index in [0.717, 1.165) is 21.8 Å². The fourth-order valence-electron chi connectivity index (χ4n) is 2.06. The zero-order valence-corrected chi connectivity index (χ0v) is 12.4. The largest absolute Gasteiger partial charge is 0.325 e. The normalized spacial score (nSPS) is 10.8. The molecule has 0 fully saturated rings. The zero-order chi connectivity index (χ0) is 14.8. The molecule has 1 aromatic heterocycles. The first-order valence-corrected chi connectivity index (χ1v) is 7.45. The van der Waals surface area contributed by atoms with Gasteiger partial charge in [-0.15, -0.1) is 11.3 Å². The van der Waals surface area contributed by atoms with Crippen molar-refractivity contribution in [3.05, 3.63) is 48.0 Å². The highest BCUT2D eigenvalue weighted by atomic mass is 32.1. The number of benzene rings is 2. The predicted octanol–water partition coefficient (Wildman–Crippen LogP) is 3.17. The van der Waals surface area contributed by atoms with Gasteiger partial charge in [-0.1, -0.05) is 6.07 Å².